The summed E-state index contributed by atoms with van der Waals surface area (Å²) < 4.78 is 0. The Morgan fingerprint density at radius 3 is 2.43 bits per heavy atom. The predicted molar refractivity (Wildman–Crippen MR) is 53.4 cm³/mol. The van der Waals surface area contributed by atoms with Crippen molar-refractivity contribution in [2.45, 2.75) is 12.5 Å². The first-order valence-corrected chi connectivity index (χ1v) is 4.67. The second kappa shape index (κ2) is 4.93. The van der Waals surface area contributed by atoms with Crippen LogP contribution in [0.1, 0.15) is 18.1 Å². The van der Waals surface area contributed by atoms with Gasteiger partial charge < -0.3 is 5.11 Å². The quantitative estimate of drug-likeness (QED) is 0.476. The van der Waals surface area contributed by atoms with Crippen molar-refractivity contribution in [1.29, 1.82) is 0 Å². The van der Waals surface area contributed by atoms with E-state index in [0.29, 0.717) is 17.9 Å². The molecule has 0 amide bonds. The number of nitro groups is 1. The standard InChI is InChI=1S/C9H10ClNO3/c10-6-5-9(12)7-1-3-8(4-2-7)11(13)14/h1-4,9,12H,5-6H2. The second-order valence-electron chi connectivity index (χ2n) is 2.84. The minimum atomic E-state index is -0.645. The van der Waals surface area contributed by atoms with Crippen molar-refractivity contribution in [3.8, 4) is 0 Å². The fourth-order valence-electron chi connectivity index (χ4n) is 1.09. The molecule has 5 heteroatoms. The van der Waals surface area contributed by atoms with Gasteiger partial charge in [-0.2, -0.15) is 0 Å². The van der Waals surface area contributed by atoms with Gasteiger partial charge in [0, 0.05) is 18.0 Å². The maximum absolute atomic E-state index is 10.3. The average molecular weight is 216 g/mol. The van der Waals surface area contributed by atoms with E-state index in [4.69, 9.17) is 11.6 Å². The van der Waals surface area contributed by atoms with Gasteiger partial charge in [-0.25, -0.2) is 0 Å². The minimum absolute atomic E-state index is 0.0202. The van der Waals surface area contributed by atoms with Crippen LogP contribution in [0.2, 0.25) is 0 Å². The molecule has 1 aromatic carbocycles. The summed E-state index contributed by atoms with van der Waals surface area (Å²) in [5.74, 6) is 0.359. The fourth-order valence-corrected chi connectivity index (χ4v) is 1.29. The van der Waals surface area contributed by atoms with E-state index in [1.165, 1.54) is 24.3 Å². The molecule has 0 fully saturated rings. The Kier molecular flexibility index (Phi) is 3.85. The van der Waals surface area contributed by atoms with Gasteiger partial charge in [0.1, 0.15) is 0 Å². The summed E-state index contributed by atoms with van der Waals surface area (Å²) in [5.41, 5.74) is 0.670. The molecule has 0 heterocycles. The summed E-state index contributed by atoms with van der Waals surface area (Å²) in [5, 5.41) is 19.8. The number of aliphatic hydroxyl groups excluding tert-OH is 1. The molecule has 0 saturated heterocycles. The molecule has 76 valence electrons. The predicted octanol–water partition coefficient (Wildman–Crippen LogP) is 2.26. The number of alkyl halides is 1. The largest absolute Gasteiger partial charge is 0.388 e. The Morgan fingerprint density at radius 1 is 1.43 bits per heavy atom. The molecule has 1 aromatic rings. The number of nitro benzene ring substituents is 1. The highest BCUT2D eigenvalue weighted by atomic mass is 35.5. The molecule has 1 unspecified atom stereocenters. The van der Waals surface area contributed by atoms with Gasteiger partial charge in [0.05, 0.1) is 11.0 Å². The maximum atomic E-state index is 10.3. The highest BCUT2D eigenvalue weighted by molar-refractivity contribution is 6.17. The van der Waals surface area contributed by atoms with Crippen LogP contribution >= 0.6 is 11.6 Å². The van der Waals surface area contributed by atoms with Gasteiger partial charge in [-0.1, -0.05) is 0 Å². The third-order valence-corrected chi connectivity index (χ3v) is 2.09. The molecule has 0 aliphatic heterocycles. The lowest BCUT2D eigenvalue weighted by Gasteiger charge is -2.07. The smallest absolute Gasteiger partial charge is 0.269 e. The van der Waals surface area contributed by atoms with Gasteiger partial charge in [-0.3, -0.25) is 10.1 Å². The summed E-state index contributed by atoms with van der Waals surface area (Å²) in [6.45, 7) is 0. The molecule has 0 aliphatic rings. The van der Waals surface area contributed by atoms with Crippen LogP contribution in [0.4, 0.5) is 5.69 Å². The molecule has 1 rings (SSSR count). The Morgan fingerprint density at radius 2 is 2.00 bits per heavy atom. The summed E-state index contributed by atoms with van der Waals surface area (Å²) in [6, 6.07) is 5.81. The van der Waals surface area contributed by atoms with E-state index >= 15 is 0 Å². The van der Waals surface area contributed by atoms with Crippen molar-refractivity contribution in [1.82, 2.24) is 0 Å². The zero-order valence-electron chi connectivity index (χ0n) is 7.39. The molecular weight excluding hydrogens is 206 g/mol. The fraction of sp³-hybridized carbons (Fsp3) is 0.333. The monoisotopic (exact) mass is 215 g/mol. The maximum Gasteiger partial charge on any atom is 0.269 e. The third kappa shape index (κ3) is 2.68. The Hall–Kier alpha value is -1.13. The van der Waals surface area contributed by atoms with E-state index in [1.54, 1.807) is 0 Å². The number of rotatable bonds is 4. The summed E-state index contributed by atoms with van der Waals surface area (Å²) >= 11 is 5.46. The van der Waals surface area contributed by atoms with Gasteiger partial charge in [-0.05, 0) is 24.1 Å². The molecular formula is C9H10ClNO3. The molecule has 0 saturated carbocycles. The van der Waals surface area contributed by atoms with Crippen LogP contribution in [0.15, 0.2) is 24.3 Å². The van der Waals surface area contributed by atoms with Crippen LogP contribution in [-0.2, 0) is 0 Å². The van der Waals surface area contributed by atoms with Crippen LogP contribution in [0.3, 0.4) is 0 Å². The Balaban J connectivity index is 2.77. The molecule has 4 nitrogen and oxygen atoms in total. The van der Waals surface area contributed by atoms with Crippen molar-refractivity contribution in [3.63, 3.8) is 0 Å². The topological polar surface area (TPSA) is 63.4 Å². The minimum Gasteiger partial charge on any atom is -0.388 e. The number of hydrogen-bond acceptors (Lipinski definition) is 3. The molecule has 0 aliphatic carbocycles. The van der Waals surface area contributed by atoms with E-state index < -0.39 is 11.0 Å². The number of hydrogen-bond donors (Lipinski definition) is 1. The summed E-state index contributed by atoms with van der Waals surface area (Å²) in [6.07, 6.45) is -0.201. The SMILES string of the molecule is O=[N+]([O-])c1ccc(C(O)CCCl)cc1. The van der Waals surface area contributed by atoms with E-state index in [9.17, 15) is 15.2 Å². The lowest BCUT2D eigenvalue weighted by Crippen LogP contribution is -1.98. The zero-order valence-corrected chi connectivity index (χ0v) is 8.15. The van der Waals surface area contributed by atoms with E-state index in [-0.39, 0.29) is 5.69 Å². The number of non-ortho nitro benzene ring substituents is 1. The second-order valence-corrected chi connectivity index (χ2v) is 3.22. The van der Waals surface area contributed by atoms with Crippen molar-refractivity contribution in [2.24, 2.45) is 0 Å². The summed E-state index contributed by atoms with van der Waals surface area (Å²) in [7, 11) is 0. The van der Waals surface area contributed by atoms with Crippen molar-refractivity contribution >= 4 is 17.3 Å². The van der Waals surface area contributed by atoms with Crippen molar-refractivity contribution < 1.29 is 10.0 Å². The molecule has 0 aromatic heterocycles. The van der Waals surface area contributed by atoms with Gasteiger partial charge in [0.2, 0.25) is 0 Å². The van der Waals surface area contributed by atoms with Gasteiger partial charge in [0.25, 0.3) is 5.69 Å². The van der Waals surface area contributed by atoms with Crippen LogP contribution < -0.4 is 0 Å². The Bertz CT molecular complexity index is 312. The first-order chi connectivity index (χ1) is 6.65. The number of nitrogens with zero attached hydrogens (tertiary/aromatic N) is 1. The first kappa shape index (κ1) is 10.9. The normalized spacial score (nSPS) is 12.4. The van der Waals surface area contributed by atoms with Gasteiger partial charge >= 0.3 is 0 Å². The molecule has 0 radical (unpaired) electrons. The lowest BCUT2D eigenvalue weighted by molar-refractivity contribution is -0.384. The number of benzene rings is 1. The van der Waals surface area contributed by atoms with Crippen LogP contribution in [-0.4, -0.2) is 15.9 Å². The third-order valence-electron chi connectivity index (χ3n) is 1.87. The zero-order chi connectivity index (χ0) is 10.6. The van der Waals surface area contributed by atoms with E-state index in [2.05, 4.69) is 0 Å². The molecule has 14 heavy (non-hydrogen) atoms. The molecule has 1 N–H and O–H groups in total. The van der Waals surface area contributed by atoms with Gasteiger partial charge in [0.15, 0.2) is 0 Å². The first-order valence-electron chi connectivity index (χ1n) is 4.13. The average Bonchev–Trinajstić information content (AvgIpc) is 2.18. The van der Waals surface area contributed by atoms with Crippen molar-refractivity contribution in [3.05, 3.63) is 39.9 Å². The molecule has 0 bridgehead atoms. The van der Waals surface area contributed by atoms with E-state index in [0.717, 1.165) is 0 Å². The van der Waals surface area contributed by atoms with E-state index in [1.807, 2.05) is 0 Å². The summed E-state index contributed by atoms with van der Waals surface area (Å²) in [4.78, 5) is 9.86. The van der Waals surface area contributed by atoms with Crippen LogP contribution in [0.5, 0.6) is 0 Å². The van der Waals surface area contributed by atoms with Crippen LogP contribution in [0, 0.1) is 10.1 Å². The highest BCUT2D eigenvalue weighted by Gasteiger charge is 2.09. The molecule has 0 spiro atoms. The van der Waals surface area contributed by atoms with Crippen LogP contribution in [0.25, 0.3) is 0 Å². The highest BCUT2D eigenvalue weighted by Crippen LogP contribution is 2.20. The van der Waals surface area contributed by atoms with Crippen molar-refractivity contribution in [2.75, 3.05) is 5.88 Å². The number of aliphatic hydroxyl groups is 1. The van der Waals surface area contributed by atoms with Gasteiger partial charge in [-0.15, -0.1) is 11.6 Å². The Labute approximate surface area is 86.3 Å². The lowest BCUT2D eigenvalue weighted by atomic mass is 10.1. The molecule has 1 atom stereocenters. The number of halogens is 1.